The van der Waals surface area contributed by atoms with Gasteiger partial charge in [-0.25, -0.2) is 17.2 Å². The molecule has 9 heteroatoms. The predicted octanol–water partition coefficient (Wildman–Crippen LogP) is 1.77. The van der Waals surface area contributed by atoms with Crippen LogP contribution in [-0.2, 0) is 16.6 Å². The van der Waals surface area contributed by atoms with Gasteiger partial charge >= 0.3 is 0 Å². The molecule has 0 amide bonds. The van der Waals surface area contributed by atoms with Crippen LogP contribution in [0.4, 0.5) is 14.5 Å². The first kappa shape index (κ1) is 14.8. The van der Waals surface area contributed by atoms with Crippen LogP contribution in [0.2, 0.25) is 0 Å². The average molecular weight is 329 g/mol. The third kappa shape index (κ3) is 2.21. The van der Waals surface area contributed by atoms with Crippen molar-refractivity contribution in [1.29, 1.82) is 0 Å². The van der Waals surface area contributed by atoms with E-state index in [0.29, 0.717) is 6.54 Å². The largest absolute Gasteiger partial charge is 0.486 e. The van der Waals surface area contributed by atoms with E-state index >= 15 is 0 Å². The fraction of sp³-hybridized carbons (Fsp3) is 0.308. The maximum Gasteiger partial charge on any atom is 0.267 e. The highest BCUT2D eigenvalue weighted by molar-refractivity contribution is 7.92. The Hall–Kier alpha value is -2.16. The molecular formula is C13H13F2N3O3S. The number of ether oxygens (including phenoxy) is 1. The third-order valence-electron chi connectivity index (χ3n) is 3.35. The topological polar surface area (TPSA) is 64.4 Å². The van der Waals surface area contributed by atoms with Gasteiger partial charge in [-0.1, -0.05) is 0 Å². The van der Waals surface area contributed by atoms with Crippen LogP contribution in [0, 0.1) is 11.6 Å². The summed E-state index contributed by atoms with van der Waals surface area (Å²) in [5.41, 5.74) is -0.407. The zero-order chi connectivity index (χ0) is 15.9. The Morgan fingerprint density at radius 3 is 2.73 bits per heavy atom. The Morgan fingerprint density at radius 2 is 2.05 bits per heavy atom. The highest BCUT2D eigenvalue weighted by Crippen LogP contribution is 2.39. The molecule has 0 atom stereocenters. The second kappa shape index (κ2) is 5.24. The molecule has 0 bridgehead atoms. The SMILES string of the molecule is CCn1cc(S(=O)(=O)N2CCOc3c(F)ccc(F)c32)cn1. The number of benzene rings is 1. The molecule has 0 saturated carbocycles. The molecule has 1 aliphatic heterocycles. The number of aromatic nitrogens is 2. The number of sulfonamides is 1. The number of halogens is 2. The smallest absolute Gasteiger partial charge is 0.267 e. The molecule has 1 aromatic carbocycles. The third-order valence-corrected chi connectivity index (χ3v) is 5.10. The lowest BCUT2D eigenvalue weighted by molar-refractivity contribution is 0.296. The summed E-state index contributed by atoms with van der Waals surface area (Å²) in [4.78, 5) is -0.0779. The minimum Gasteiger partial charge on any atom is -0.486 e. The molecule has 22 heavy (non-hydrogen) atoms. The molecule has 2 aromatic rings. The second-order valence-electron chi connectivity index (χ2n) is 4.66. The summed E-state index contributed by atoms with van der Waals surface area (Å²) in [6, 6.07) is 1.78. The molecule has 6 nitrogen and oxygen atoms in total. The Morgan fingerprint density at radius 1 is 1.32 bits per heavy atom. The first-order chi connectivity index (χ1) is 10.4. The summed E-state index contributed by atoms with van der Waals surface area (Å²) >= 11 is 0. The molecular weight excluding hydrogens is 316 g/mol. The highest BCUT2D eigenvalue weighted by Gasteiger charge is 2.35. The van der Waals surface area contributed by atoms with Crippen LogP contribution >= 0.6 is 0 Å². The number of nitrogens with zero attached hydrogens (tertiary/aromatic N) is 3. The van der Waals surface area contributed by atoms with Crippen molar-refractivity contribution in [3.63, 3.8) is 0 Å². The lowest BCUT2D eigenvalue weighted by Gasteiger charge is -2.30. The van der Waals surface area contributed by atoms with E-state index in [2.05, 4.69) is 5.10 Å². The molecule has 0 N–H and O–H groups in total. The Kier molecular flexibility index (Phi) is 3.51. The van der Waals surface area contributed by atoms with E-state index in [-0.39, 0.29) is 18.0 Å². The molecule has 0 unspecified atom stereocenters. The van der Waals surface area contributed by atoms with E-state index in [1.54, 1.807) is 0 Å². The van der Waals surface area contributed by atoms with E-state index in [1.807, 2.05) is 6.92 Å². The van der Waals surface area contributed by atoms with Crippen molar-refractivity contribution < 1.29 is 21.9 Å². The average Bonchev–Trinajstić information content (AvgIpc) is 3.00. The van der Waals surface area contributed by atoms with Crippen LogP contribution in [0.5, 0.6) is 5.75 Å². The maximum absolute atomic E-state index is 14.0. The number of fused-ring (bicyclic) bond motifs is 1. The van der Waals surface area contributed by atoms with Crippen molar-refractivity contribution in [3.8, 4) is 5.75 Å². The summed E-state index contributed by atoms with van der Waals surface area (Å²) in [6.07, 6.45) is 2.53. The molecule has 0 radical (unpaired) electrons. The summed E-state index contributed by atoms with van der Waals surface area (Å²) in [5.74, 6) is -2.05. The van der Waals surface area contributed by atoms with Crippen molar-refractivity contribution in [2.24, 2.45) is 0 Å². The lowest BCUT2D eigenvalue weighted by Crippen LogP contribution is -2.38. The van der Waals surface area contributed by atoms with Crippen LogP contribution in [0.15, 0.2) is 29.4 Å². The standard InChI is InChI=1S/C13H13F2N3O3S/c1-2-17-8-9(7-16-17)22(19,20)18-5-6-21-13-11(15)4-3-10(14)12(13)18/h3-4,7-8H,2,5-6H2,1H3. The monoisotopic (exact) mass is 329 g/mol. The van der Waals surface area contributed by atoms with Crippen LogP contribution < -0.4 is 9.04 Å². The number of anilines is 1. The predicted molar refractivity (Wildman–Crippen MR) is 74.3 cm³/mol. The molecule has 1 aromatic heterocycles. The molecule has 0 spiro atoms. The first-order valence-corrected chi connectivity index (χ1v) is 8.05. The van der Waals surface area contributed by atoms with Gasteiger partial charge in [0.15, 0.2) is 17.4 Å². The van der Waals surface area contributed by atoms with Gasteiger partial charge in [-0.15, -0.1) is 0 Å². The highest BCUT2D eigenvalue weighted by atomic mass is 32.2. The number of hydrogen-bond donors (Lipinski definition) is 0. The van der Waals surface area contributed by atoms with Gasteiger partial charge in [-0.05, 0) is 19.1 Å². The quantitative estimate of drug-likeness (QED) is 0.861. The Labute approximate surface area is 126 Å². The van der Waals surface area contributed by atoms with Gasteiger partial charge in [-0.2, -0.15) is 5.10 Å². The van der Waals surface area contributed by atoms with Crippen LogP contribution in [0.25, 0.3) is 0 Å². The van der Waals surface area contributed by atoms with Crippen molar-refractivity contribution in [2.75, 3.05) is 17.5 Å². The van der Waals surface area contributed by atoms with Gasteiger partial charge in [-0.3, -0.25) is 8.99 Å². The van der Waals surface area contributed by atoms with Gasteiger partial charge in [0.2, 0.25) is 0 Å². The van der Waals surface area contributed by atoms with Crippen molar-refractivity contribution in [1.82, 2.24) is 9.78 Å². The van der Waals surface area contributed by atoms with E-state index < -0.39 is 33.1 Å². The zero-order valence-corrected chi connectivity index (χ0v) is 12.5. The Bertz CT molecular complexity index is 820. The van der Waals surface area contributed by atoms with Gasteiger partial charge in [0.1, 0.15) is 17.2 Å². The van der Waals surface area contributed by atoms with Crippen LogP contribution in [-0.4, -0.2) is 31.3 Å². The zero-order valence-electron chi connectivity index (χ0n) is 11.7. The second-order valence-corrected chi connectivity index (χ2v) is 6.53. The van der Waals surface area contributed by atoms with E-state index in [0.717, 1.165) is 16.4 Å². The minimum absolute atomic E-state index is 0.0610. The van der Waals surface area contributed by atoms with Crippen molar-refractivity contribution in [3.05, 3.63) is 36.2 Å². The number of aryl methyl sites for hydroxylation is 1. The van der Waals surface area contributed by atoms with Crippen molar-refractivity contribution >= 4 is 15.7 Å². The molecule has 2 heterocycles. The first-order valence-electron chi connectivity index (χ1n) is 6.61. The summed E-state index contributed by atoms with van der Waals surface area (Å²) in [7, 11) is -4.04. The van der Waals surface area contributed by atoms with Gasteiger partial charge < -0.3 is 4.74 Å². The van der Waals surface area contributed by atoms with E-state index in [9.17, 15) is 17.2 Å². The summed E-state index contributed by atoms with van der Waals surface area (Å²) in [6.45, 7) is 2.14. The minimum atomic E-state index is -4.04. The Balaban J connectivity index is 2.13. The summed E-state index contributed by atoms with van der Waals surface area (Å²) in [5, 5.41) is 3.90. The van der Waals surface area contributed by atoms with E-state index in [1.165, 1.54) is 17.1 Å². The summed E-state index contributed by atoms with van der Waals surface area (Å²) < 4.78 is 60.5. The number of rotatable bonds is 3. The van der Waals surface area contributed by atoms with Gasteiger partial charge in [0, 0.05) is 12.7 Å². The number of hydrogen-bond acceptors (Lipinski definition) is 4. The fourth-order valence-corrected chi connectivity index (χ4v) is 3.67. The molecule has 0 aliphatic carbocycles. The molecule has 0 saturated heterocycles. The molecule has 118 valence electrons. The lowest BCUT2D eigenvalue weighted by atomic mass is 10.2. The molecule has 3 rings (SSSR count). The van der Waals surface area contributed by atoms with Crippen LogP contribution in [0.3, 0.4) is 0 Å². The van der Waals surface area contributed by atoms with Crippen molar-refractivity contribution in [2.45, 2.75) is 18.4 Å². The molecule has 1 aliphatic rings. The van der Waals surface area contributed by atoms with Crippen LogP contribution in [0.1, 0.15) is 6.92 Å². The maximum atomic E-state index is 14.0. The molecule has 0 fully saturated rings. The van der Waals surface area contributed by atoms with Gasteiger partial charge in [0.25, 0.3) is 10.0 Å². The fourth-order valence-electron chi connectivity index (χ4n) is 2.25. The van der Waals surface area contributed by atoms with Gasteiger partial charge in [0.05, 0.1) is 12.7 Å². The van der Waals surface area contributed by atoms with E-state index in [4.69, 9.17) is 4.74 Å². The normalized spacial score (nSPS) is 14.6.